The number of nitro groups is 1. The Bertz CT molecular complexity index is 578. The number of carbonyl (C=O) groups is 1. The van der Waals surface area contributed by atoms with Crippen LogP contribution in [0.2, 0.25) is 0 Å². The zero-order valence-electron chi connectivity index (χ0n) is 12.7. The van der Waals surface area contributed by atoms with Crippen molar-refractivity contribution in [3.63, 3.8) is 0 Å². The molecule has 8 heteroatoms. The van der Waals surface area contributed by atoms with E-state index in [0.717, 1.165) is 0 Å². The first kappa shape index (κ1) is 17.4. The van der Waals surface area contributed by atoms with Crippen molar-refractivity contribution in [3.8, 4) is 5.75 Å². The number of ether oxygens (including phenoxy) is 1. The molecule has 8 nitrogen and oxygen atoms in total. The highest BCUT2D eigenvalue weighted by atomic mass is 16.6. The molecule has 0 aliphatic rings. The molecule has 1 rings (SSSR count). The largest absolute Gasteiger partial charge is 0.501 e. The SMILES string of the molecule is CC(C)(C)OC(=O)NCCC=Cc1ccc(O)c([N+](=O)[O-])n1. The molecule has 1 aromatic heterocycles. The van der Waals surface area contributed by atoms with Crippen LogP contribution in [-0.2, 0) is 4.74 Å². The Labute approximate surface area is 128 Å². The van der Waals surface area contributed by atoms with E-state index in [1.807, 2.05) is 0 Å². The van der Waals surface area contributed by atoms with E-state index in [1.54, 1.807) is 32.9 Å². The van der Waals surface area contributed by atoms with Crippen LogP contribution in [0.3, 0.4) is 0 Å². The number of rotatable bonds is 5. The lowest BCUT2D eigenvalue weighted by Gasteiger charge is -2.19. The summed E-state index contributed by atoms with van der Waals surface area (Å²) in [6.45, 7) is 5.69. The predicted octanol–water partition coefficient (Wildman–Crippen LogP) is 2.62. The molecule has 1 heterocycles. The molecule has 0 saturated heterocycles. The van der Waals surface area contributed by atoms with Crippen LogP contribution in [0.1, 0.15) is 32.9 Å². The molecule has 0 atom stereocenters. The van der Waals surface area contributed by atoms with Gasteiger partial charge in [-0.15, -0.1) is 0 Å². The highest BCUT2D eigenvalue weighted by molar-refractivity contribution is 5.67. The third-order valence-electron chi connectivity index (χ3n) is 2.32. The summed E-state index contributed by atoms with van der Waals surface area (Å²) in [6, 6.07) is 2.67. The van der Waals surface area contributed by atoms with Gasteiger partial charge in [0.2, 0.25) is 5.75 Å². The van der Waals surface area contributed by atoms with E-state index in [4.69, 9.17) is 4.74 Å². The van der Waals surface area contributed by atoms with Crippen LogP contribution >= 0.6 is 0 Å². The fourth-order valence-corrected chi connectivity index (χ4v) is 1.46. The second kappa shape index (κ2) is 7.39. The first-order valence-electron chi connectivity index (χ1n) is 6.67. The molecule has 0 unspecified atom stereocenters. The molecule has 0 aliphatic carbocycles. The monoisotopic (exact) mass is 309 g/mol. The molecule has 0 radical (unpaired) electrons. The van der Waals surface area contributed by atoms with Crippen LogP contribution in [-0.4, -0.2) is 33.3 Å². The van der Waals surface area contributed by atoms with Crippen LogP contribution in [0, 0.1) is 10.1 Å². The molecule has 2 N–H and O–H groups in total. The maximum absolute atomic E-state index is 11.4. The van der Waals surface area contributed by atoms with Crippen molar-refractivity contribution in [1.29, 1.82) is 0 Å². The minimum atomic E-state index is -0.753. The van der Waals surface area contributed by atoms with Gasteiger partial charge in [-0.25, -0.2) is 4.79 Å². The lowest BCUT2D eigenvalue weighted by molar-refractivity contribution is -0.390. The van der Waals surface area contributed by atoms with Gasteiger partial charge >= 0.3 is 11.9 Å². The Kier molecular flexibility index (Phi) is 5.85. The lowest BCUT2D eigenvalue weighted by Crippen LogP contribution is -2.32. The molecular formula is C14H19N3O5. The molecule has 0 bridgehead atoms. The summed E-state index contributed by atoms with van der Waals surface area (Å²) in [6.07, 6.45) is 3.29. The van der Waals surface area contributed by atoms with Gasteiger partial charge < -0.3 is 25.3 Å². The number of nitrogens with one attached hydrogen (secondary N) is 1. The smallest absolute Gasteiger partial charge is 0.407 e. The minimum Gasteiger partial charge on any atom is -0.501 e. The van der Waals surface area contributed by atoms with Crippen LogP contribution in [0.25, 0.3) is 6.08 Å². The molecule has 0 aliphatic heterocycles. The zero-order valence-corrected chi connectivity index (χ0v) is 12.7. The summed E-state index contributed by atoms with van der Waals surface area (Å²) in [4.78, 5) is 25.0. The highest BCUT2D eigenvalue weighted by Gasteiger charge is 2.16. The third kappa shape index (κ3) is 6.21. The van der Waals surface area contributed by atoms with Crippen molar-refractivity contribution in [1.82, 2.24) is 10.3 Å². The van der Waals surface area contributed by atoms with Crippen LogP contribution < -0.4 is 5.32 Å². The summed E-state index contributed by atoms with van der Waals surface area (Å²) in [5, 5.41) is 22.5. The quantitative estimate of drug-likeness (QED) is 0.491. The van der Waals surface area contributed by atoms with Crippen LogP contribution in [0.5, 0.6) is 5.75 Å². The maximum Gasteiger partial charge on any atom is 0.407 e. The van der Waals surface area contributed by atoms with Gasteiger partial charge in [0.25, 0.3) is 0 Å². The third-order valence-corrected chi connectivity index (χ3v) is 2.32. The molecular weight excluding hydrogens is 290 g/mol. The Morgan fingerprint density at radius 3 is 2.77 bits per heavy atom. The number of alkyl carbamates (subject to hydrolysis) is 1. The van der Waals surface area contributed by atoms with E-state index in [2.05, 4.69) is 10.3 Å². The Balaban J connectivity index is 2.45. The molecule has 0 saturated carbocycles. The summed E-state index contributed by atoms with van der Waals surface area (Å²) in [7, 11) is 0. The maximum atomic E-state index is 11.4. The summed E-state index contributed by atoms with van der Waals surface area (Å²) >= 11 is 0. The van der Waals surface area contributed by atoms with E-state index < -0.39 is 28.2 Å². The van der Waals surface area contributed by atoms with E-state index in [-0.39, 0.29) is 0 Å². The Hall–Kier alpha value is -2.64. The van der Waals surface area contributed by atoms with E-state index >= 15 is 0 Å². The van der Waals surface area contributed by atoms with Gasteiger partial charge in [0.05, 0.1) is 0 Å². The van der Waals surface area contributed by atoms with Gasteiger partial charge in [0, 0.05) is 6.54 Å². The number of carbonyl (C=O) groups excluding carboxylic acids is 1. The number of nitrogens with zero attached hydrogens (tertiary/aromatic N) is 2. The van der Waals surface area contributed by atoms with Gasteiger partial charge in [-0.2, -0.15) is 0 Å². The van der Waals surface area contributed by atoms with E-state index in [9.17, 15) is 20.0 Å². The van der Waals surface area contributed by atoms with Gasteiger partial charge in [-0.05, 0) is 55.3 Å². The van der Waals surface area contributed by atoms with Gasteiger partial charge in [-0.3, -0.25) is 0 Å². The average molecular weight is 309 g/mol. The Morgan fingerprint density at radius 1 is 1.50 bits per heavy atom. The summed E-state index contributed by atoms with van der Waals surface area (Å²) < 4.78 is 5.07. The topological polar surface area (TPSA) is 115 Å². The molecule has 22 heavy (non-hydrogen) atoms. The number of hydrogen-bond donors (Lipinski definition) is 2. The second-order valence-corrected chi connectivity index (χ2v) is 5.46. The van der Waals surface area contributed by atoms with Gasteiger partial charge in [0.1, 0.15) is 5.60 Å². The minimum absolute atomic E-state index is 0.349. The fraction of sp³-hybridized carbons (Fsp3) is 0.429. The van der Waals surface area contributed by atoms with Gasteiger partial charge in [-0.1, -0.05) is 6.08 Å². The molecule has 1 aromatic rings. The van der Waals surface area contributed by atoms with Crippen molar-refractivity contribution < 1.29 is 19.6 Å². The molecule has 0 spiro atoms. The number of amides is 1. The summed E-state index contributed by atoms with van der Waals surface area (Å²) in [5.41, 5.74) is -0.198. The first-order valence-corrected chi connectivity index (χ1v) is 6.67. The lowest BCUT2D eigenvalue weighted by atomic mass is 10.2. The average Bonchev–Trinajstić information content (AvgIpc) is 2.37. The molecule has 1 amide bonds. The van der Waals surface area contributed by atoms with Crippen LogP contribution in [0.4, 0.5) is 10.6 Å². The standard InChI is InChI=1S/C14H19N3O5/c1-14(2,3)22-13(19)15-9-5-4-6-10-7-8-11(18)12(16-10)17(20)21/h4,6-8,18H,5,9H2,1-3H3,(H,15,19). The van der Waals surface area contributed by atoms with Crippen molar-refractivity contribution in [2.24, 2.45) is 0 Å². The predicted molar refractivity (Wildman–Crippen MR) is 80.4 cm³/mol. The normalized spacial score (nSPS) is 11.4. The molecule has 120 valence electrons. The number of aromatic hydroxyl groups is 1. The van der Waals surface area contributed by atoms with Crippen molar-refractivity contribution in [2.75, 3.05) is 6.54 Å². The highest BCUT2D eigenvalue weighted by Crippen LogP contribution is 2.22. The van der Waals surface area contributed by atoms with Crippen molar-refractivity contribution in [3.05, 3.63) is 34.0 Å². The summed E-state index contributed by atoms with van der Waals surface area (Å²) in [5.74, 6) is -1.07. The van der Waals surface area contributed by atoms with Crippen LogP contribution in [0.15, 0.2) is 18.2 Å². The van der Waals surface area contributed by atoms with Gasteiger partial charge in [0.15, 0.2) is 5.69 Å². The number of pyridine rings is 1. The fourth-order valence-electron chi connectivity index (χ4n) is 1.46. The Morgan fingerprint density at radius 2 is 2.18 bits per heavy atom. The molecule has 0 fully saturated rings. The number of hydrogen-bond acceptors (Lipinski definition) is 6. The zero-order chi connectivity index (χ0) is 16.8. The van der Waals surface area contributed by atoms with Crippen molar-refractivity contribution in [2.45, 2.75) is 32.8 Å². The number of aromatic nitrogens is 1. The second-order valence-electron chi connectivity index (χ2n) is 5.46. The van der Waals surface area contributed by atoms with E-state index in [1.165, 1.54) is 12.1 Å². The molecule has 0 aromatic carbocycles. The first-order chi connectivity index (χ1) is 10.2. The van der Waals surface area contributed by atoms with E-state index in [0.29, 0.717) is 18.7 Å². The van der Waals surface area contributed by atoms with Crippen molar-refractivity contribution >= 4 is 18.0 Å².